The molecule has 1 aromatic heterocycles. The highest BCUT2D eigenvalue weighted by Gasteiger charge is 2.15. The van der Waals surface area contributed by atoms with Crippen LogP contribution < -0.4 is 10.6 Å². The molecule has 1 aromatic rings. The molecule has 0 radical (unpaired) electrons. The van der Waals surface area contributed by atoms with E-state index in [0.717, 1.165) is 11.3 Å². The van der Waals surface area contributed by atoms with Crippen molar-refractivity contribution in [2.24, 2.45) is 0 Å². The number of nitrogens with zero attached hydrogens (tertiary/aromatic N) is 1. The highest BCUT2D eigenvalue weighted by atomic mass is 16.6. The van der Waals surface area contributed by atoms with E-state index in [0.29, 0.717) is 13.1 Å². The zero-order valence-corrected chi connectivity index (χ0v) is 11.4. The van der Waals surface area contributed by atoms with Crippen molar-refractivity contribution in [3.63, 3.8) is 0 Å². The number of aromatic nitrogens is 1. The topological polar surface area (TPSA) is 63.2 Å². The van der Waals surface area contributed by atoms with Crippen LogP contribution in [0.3, 0.4) is 0 Å². The standard InChI is InChI=1S/C13H21N3O2/c1-10-7-11(9-14-8-10)15-5-6-16-12(17)18-13(2,3)4/h7-9,15H,5-6H2,1-4H3,(H,16,17). The lowest BCUT2D eigenvalue weighted by atomic mass is 10.2. The van der Waals surface area contributed by atoms with Gasteiger partial charge in [-0.15, -0.1) is 0 Å². The van der Waals surface area contributed by atoms with Crippen molar-refractivity contribution in [1.29, 1.82) is 0 Å². The number of carbonyl (C=O) groups excluding carboxylic acids is 1. The first-order valence-corrected chi connectivity index (χ1v) is 5.99. The highest BCUT2D eigenvalue weighted by Crippen LogP contribution is 2.07. The molecule has 0 fully saturated rings. The van der Waals surface area contributed by atoms with Gasteiger partial charge in [0, 0.05) is 25.5 Å². The number of carbonyl (C=O) groups is 1. The Morgan fingerprint density at radius 1 is 1.33 bits per heavy atom. The SMILES string of the molecule is Cc1cncc(NCCNC(=O)OC(C)(C)C)c1. The molecule has 100 valence electrons. The number of rotatable bonds is 4. The smallest absolute Gasteiger partial charge is 0.407 e. The Morgan fingerprint density at radius 3 is 2.67 bits per heavy atom. The summed E-state index contributed by atoms with van der Waals surface area (Å²) in [6.45, 7) is 8.63. The van der Waals surface area contributed by atoms with Gasteiger partial charge in [0.15, 0.2) is 0 Å². The van der Waals surface area contributed by atoms with Crippen LogP contribution >= 0.6 is 0 Å². The summed E-state index contributed by atoms with van der Waals surface area (Å²) >= 11 is 0. The van der Waals surface area contributed by atoms with Crippen molar-refractivity contribution in [3.8, 4) is 0 Å². The zero-order valence-electron chi connectivity index (χ0n) is 11.4. The van der Waals surface area contributed by atoms with E-state index in [-0.39, 0.29) is 0 Å². The van der Waals surface area contributed by atoms with E-state index in [2.05, 4.69) is 15.6 Å². The molecule has 2 N–H and O–H groups in total. The third kappa shape index (κ3) is 6.08. The van der Waals surface area contributed by atoms with E-state index >= 15 is 0 Å². The summed E-state index contributed by atoms with van der Waals surface area (Å²) in [4.78, 5) is 15.4. The van der Waals surface area contributed by atoms with Gasteiger partial charge in [0.05, 0.1) is 5.69 Å². The molecular formula is C13H21N3O2. The van der Waals surface area contributed by atoms with Crippen molar-refractivity contribution < 1.29 is 9.53 Å². The third-order valence-corrected chi connectivity index (χ3v) is 2.00. The lowest BCUT2D eigenvalue weighted by Crippen LogP contribution is -2.35. The van der Waals surface area contributed by atoms with Crippen LogP contribution in [0.2, 0.25) is 0 Å². The maximum atomic E-state index is 11.4. The molecule has 0 aliphatic carbocycles. The molecule has 5 nitrogen and oxygen atoms in total. The number of hydrogen-bond donors (Lipinski definition) is 2. The second-order valence-electron chi connectivity index (χ2n) is 5.11. The van der Waals surface area contributed by atoms with E-state index in [9.17, 15) is 4.79 Å². The molecule has 0 bridgehead atoms. The molecule has 0 unspecified atom stereocenters. The predicted octanol–water partition coefficient (Wildman–Crippen LogP) is 2.33. The zero-order chi connectivity index (χ0) is 13.6. The van der Waals surface area contributed by atoms with Crippen molar-refractivity contribution in [2.75, 3.05) is 18.4 Å². The van der Waals surface area contributed by atoms with Crippen LogP contribution in [0.1, 0.15) is 26.3 Å². The Kier molecular flexibility index (Phi) is 4.95. The molecule has 1 amide bonds. The molecule has 0 saturated heterocycles. The third-order valence-electron chi connectivity index (χ3n) is 2.00. The van der Waals surface area contributed by atoms with Crippen LogP contribution in [0.5, 0.6) is 0 Å². The number of pyridine rings is 1. The minimum absolute atomic E-state index is 0.397. The minimum Gasteiger partial charge on any atom is -0.444 e. The molecule has 0 saturated carbocycles. The quantitative estimate of drug-likeness (QED) is 0.806. The summed E-state index contributed by atoms with van der Waals surface area (Å²) in [7, 11) is 0. The average Bonchev–Trinajstić information content (AvgIpc) is 2.22. The van der Waals surface area contributed by atoms with Crippen LogP contribution in [-0.2, 0) is 4.74 Å². The number of anilines is 1. The maximum absolute atomic E-state index is 11.4. The molecule has 0 atom stereocenters. The van der Waals surface area contributed by atoms with Gasteiger partial charge in [0.25, 0.3) is 0 Å². The molecule has 0 spiro atoms. The van der Waals surface area contributed by atoms with E-state index in [1.165, 1.54) is 0 Å². The lowest BCUT2D eigenvalue weighted by molar-refractivity contribution is 0.0530. The van der Waals surface area contributed by atoms with E-state index < -0.39 is 11.7 Å². The fraction of sp³-hybridized carbons (Fsp3) is 0.538. The number of aryl methyl sites for hydroxylation is 1. The molecule has 0 aliphatic heterocycles. The monoisotopic (exact) mass is 251 g/mol. The first kappa shape index (κ1) is 14.3. The van der Waals surface area contributed by atoms with Gasteiger partial charge in [-0.1, -0.05) is 0 Å². The summed E-state index contributed by atoms with van der Waals surface area (Å²) in [5.74, 6) is 0. The Bertz CT molecular complexity index is 399. The molecule has 1 rings (SSSR count). The molecule has 1 heterocycles. The maximum Gasteiger partial charge on any atom is 0.407 e. The molecular weight excluding hydrogens is 230 g/mol. The first-order chi connectivity index (χ1) is 8.37. The van der Waals surface area contributed by atoms with Crippen LogP contribution in [0, 0.1) is 6.92 Å². The summed E-state index contributed by atoms with van der Waals surface area (Å²) < 4.78 is 5.12. The Labute approximate surface area is 108 Å². The van der Waals surface area contributed by atoms with Gasteiger partial charge < -0.3 is 15.4 Å². The van der Waals surface area contributed by atoms with E-state index in [1.54, 1.807) is 12.4 Å². The Morgan fingerprint density at radius 2 is 2.06 bits per heavy atom. The lowest BCUT2D eigenvalue weighted by Gasteiger charge is -2.19. The van der Waals surface area contributed by atoms with Crippen LogP contribution in [0.15, 0.2) is 18.5 Å². The second-order valence-corrected chi connectivity index (χ2v) is 5.11. The van der Waals surface area contributed by atoms with Gasteiger partial charge in [0.1, 0.15) is 5.60 Å². The van der Waals surface area contributed by atoms with Crippen LogP contribution in [-0.4, -0.2) is 29.8 Å². The van der Waals surface area contributed by atoms with Gasteiger partial charge in [0.2, 0.25) is 0 Å². The van der Waals surface area contributed by atoms with E-state index in [1.807, 2.05) is 33.8 Å². The van der Waals surface area contributed by atoms with Gasteiger partial charge in [-0.2, -0.15) is 0 Å². The van der Waals surface area contributed by atoms with Crippen LogP contribution in [0.25, 0.3) is 0 Å². The van der Waals surface area contributed by atoms with Crippen molar-refractivity contribution in [3.05, 3.63) is 24.0 Å². The van der Waals surface area contributed by atoms with Crippen molar-refractivity contribution >= 4 is 11.8 Å². The van der Waals surface area contributed by atoms with Gasteiger partial charge >= 0.3 is 6.09 Å². The van der Waals surface area contributed by atoms with Gasteiger partial charge in [-0.25, -0.2) is 4.79 Å². The van der Waals surface area contributed by atoms with Crippen molar-refractivity contribution in [1.82, 2.24) is 10.3 Å². The van der Waals surface area contributed by atoms with Crippen molar-refractivity contribution in [2.45, 2.75) is 33.3 Å². The molecule has 5 heteroatoms. The minimum atomic E-state index is -0.460. The number of alkyl carbamates (subject to hydrolysis) is 1. The normalized spacial score (nSPS) is 10.9. The predicted molar refractivity (Wildman–Crippen MR) is 71.7 cm³/mol. The molecule has 0 aromatic carbocycles. The summed E-state index contributed by atoms with van der Waals surface area (Å²) in [5.41, 5.74) is 1.58. The van der Waals surface area contributed by atoms with Gasteiger partial charge in [-0.3, -0.25) is 4.98 Å². The highest BCUT2D eigenvalue weighted by molar-refractivity contribution is 5.67. The molecule has 18 heavy (non-hydrogen) atoms. The average molecular weight is 251 g/mol. The largest absolute Gasteiger partial charge is 0.444 e. The van der Waals surface area contributed by atoms with E-state index in [4.69, 9.17) is 4.74 Å². The number of hydrogen-bond acceptors (Lipinski definition) is 4. The number of ether oxygens (including phenoxy) is 1. The fourth-order valence-corrected chi connectivity index (χ4v) is 1.34. The summed E-state index contributed by atoms with van der Waals surface area (Å²) in [6.07, 6.45) is 3.15. The number of amides is 1. The molecule has 0 aliphatic rings. The van der Waals surface area contributed by atoms with Gasteiger partial charge in [-0.05, 0) is 39.3 Å². The Hall–Kier alpha value is -1.78. The fourth-order valence-electron chi connectivity index (χ4n) is 1.34. The summed E-state index contributed by atoms with van der Waals surface area (Å²) in [6, 6.07) is 2.00. The second kappa shape index (κ2) is 6.23. The van der Waals surface area contributed by atoms with Crippen LogP contribution in [0.4, 0.5) is 10.5 Å². The summed E-state index contributed by atoms with van der Waals surface area (Å²) in [5, 5.41) is 5.85. The first-order valence-electron chi connectivity index (χ1n) is 5.99. The number of nitrogens with one attached hydrogen (secondary N) is 2. The Balaban J connectivity index is 2.21.